The number of hydrogen-bond donors (Lipinski definition) is 3. The number of rotatable bonds is 4. The summed E-state index contributed by atoms with van der Waals surface area (Å²) in [7, 11) is 2.01. The van der Waals surface area contributed by atoms with Crippen LogP contribution in [0.2, 0.25) is 0 Å². The van der Waals surface area contributed by atoms with Crippen LogP contribution in [0, 0.1) is 23.7 Å². The number of piperazine rings is 1. The second kappa shape index (κ2) is 7.85. The summed E-state index contributed by atoms with van der Waals surface area (Å²) in [5.74, 6) is -0.782. The molecule has 8 nitrogen and oxygen atoms in total. The van der Waals surface area contributed by atoms with Crippen LogP contribution in [0.4, 0.5) is 0 Å². The van der Waals surface area contributed by atoms with Crippen LogP contribution >= 0.6 is 0 Å². The number of hydrogen-bond acceptors (Lipinski definition) is 6. The Balaban J connectivity index is 2.28. The van der Waals surface area contributed by atoms with Gasteiger partial charge in [0.25, 0.3) is 0 Å². The van der Waals surface area contributed by atoms with Gasteiger partial charge >= 0.3 is 5.97 Å². The predicted molar refractivity (Wildman–Crippen MR) is 93.5 cm³/mol. The summed E-state index contributed by atoms with van der Waals surface area (Å²) in [6, 6.07) is 2.00. The van der Waals surface area contributed by atoms with Crippen LogP contribution in [0.25, 0.3) is 6.08 Å². The van der Waals surface area contributed by atoms with Crippen molar-refractivity contribution in [1.29, 1.82) is 10.7 Å². The summed E-state index contributed by atoms with van der Waals surface area (Å²) in [5.41, 5.74) is 0.842. The lowest BCUT2D eigenvalue weighted by Crippen LogP contribution is -2.47. The molecule has 25 heavy (non-hydrogen) atoms. The monoisotopic (exact) mass is 345 g/mol. The summed E-state index contributed by atoms with van der Waals surface area (Å²) < 4.78 is 4.93. The second-order valence-corrected chi connectivity index (χ2v) is 5.92. The average Bonchev–Trinajstić information content (AvgIpc) is 2.86. The van der Waals surface area contributed by atoms with Crippen LogP contribution in [0.15, 0.2) is 5.57 Å². The first kappa shape index (κ1) is 18.5. The van der Waals surface area contributed by atoms with E-state index in [4.69, 9.17) is 10.1 Å². The lowest BCUT2D eigenvalue weighted by Gasteiger charge is -2.33. The number of esters is 1. The molecule has 1 aliphatic rings. The van der Waals surface area contributed by atoms with Crippen molar-refractivity contribution in [3.05, 3.63) is 22.5 Å². The molecule has 0 aromatic carbocycles. The van der Waals surface area contributed by atoms with Crippen LogP contribution in [-0.4, -0.2) is 71.5 Å². The van der Waals surface area contributed by atoms with Crippen molar-refractivity contribution in [2.75, 3.05) is 39.8 Å². The zero-order valence-electron chi connectivity index (χ0n) is 14.7. The van der Waals surface area contributed by atoms with Crippen molar-refractivity contribution in [2.45, 2.75) is 13.8 Å². The zero-order chi connectivity index (χ0) is 18.6. The number of carbonyl (C=O) groups is 1. The third-order valence-electron chi connectivity index (χ3n) is 4.15. The number of aromatic amines is 1. The number of nitrogens with one attached hydrogen (secondary N) is 2. The Hall–Kier alpha value is -2.79. The highest BCUT2D eigenvalue weighted by Crippen LogP contribution is 2.28. The molecule has 0 saturated carbocycles. The minimum Gasteiger partial charge on any atom is -0.505 e. The lowest BCUT2D eigenvalue weighted by atomic mass is 10.1. The highest BCUT2D eigenvalue weighted by molar-refractivity contribution is 6.04. The van der Waals surface area contributed by atoms with Crippen molar-refractivity contribution < 1.29 is 14.6 Å². The van der Waals surface area contributed by atoms with E-state index in [2.05, 4.69) is 9.88 Å². The fourth-order valence-electron chi connectivity index (χ4n) is 2.69. The number of aromatic hydroxyl groups is 1. The zero-order valence-corrected chi connectivity index (χ0v) is 14.7. The molecule has 1 aromatic heterocycles. The molecule has 2 heterocycles. The molecule has 1 fully saturated rings. The maximum atomic E-state index is 11.9. The Bertz CT molecular complexity index is 736. The number of aromatic nitrogens is 1. The normalized spacial score (nSPS) is 15.8. The van der Waals surface area contributed by atoms with Gasteiger partial charge in [0.05, 0.1) is 17.9 Å². The number of H-pyrrole nitrogens is 1. The van der Waals surface area contributed by atoms with Crippen LogP contribution in [0.1, 0.15) is 28.7 Å². The average molecular weight is 345 g/mol. The van der Waals surface area contributed by atoms with Gasteiger partial charge in [0.1, 0.15) is 17.5 Å². The molecule has 0 amide bonds. The van der Waals surface area contributed by atoms with Crippen LogP contribution in [0.3, 0.4) is 0 Å². The van der Waals surface area contributed by atoms with E-state index < -0.39 is 5.97 Å². The first-order valence-corrected chi connectivity index (χ1v) is 8.11. The SMILES string of the molecule is CCOC(=O)c1c(C)[nH]c(/C=C(\C#N)C(=N)N2CCN(C)CC2)c1O. The van der Waals surface area contributed by atoms with Crippen LogP contribution in [0.5, 0.6) is 5.75 Å². The van der Waals surface area contributed by atoms with Gasteiger partial charge in [0, 0.05) is 31.9 Å². The van der Waals surface area contributed by atoms with E-state index in [0.717, 1.165) is 13.1 Å². The summed E-state index contributed by atoms with van der Waals surface area (Å²) in [6.45, 7) is 6.49. The first-order valence-electron chi connectivity index (χ1n) is 8.11. The molecule has 0 bridgehead atoms. The number of nitrogens with zero attached hydrogens (tertiary/aromatic N) is 3. The second-order valence-electron chi connectivity index (χ2n) is 5.92. The molecule has 0 spiro atoms. The number of likely N-dealkylation sites (N-methyl/N-ethyl adjacent to an activating group) is 1. The van der Waals surface area contributed by atoms with E-state index in [-0.39, 0.29) is 35.0 Å². The number of amidine groups is 1. The lowest BCUT2D eigenvalue weighted by molar-refractivity contribution is 0.0522. The molecule has 0 unspecified atom stereocenters. The fraction of sp³-hybridized carbons (Fsp3) is 0.471. The summed E-state index contributed by atoms with van der Waals surface area (Å²) in [5, 5.41) is 28.0. The smallest absolute Gasteiger partial charge is 0.343 e. The third-order valence-corrected chi connectivity index (χ3v) is 4.15. The maximum Gasteiger partial charge on any atom is 0.343 e. The molecule has 8 heteroatoms. The Morgan fingerprint density at radius 1 is 1.44 bits per heavy atom. The molecule has 134 valence electrons. The van der Waals surface area contributed by atoms with Crippen molar-refractivity contribution >= 4 is 17.9 Å². The third kappa shape index (κ3) is 4.00. The number of ether oxygens (including phenoxy) is 1. The standard InChI is InChI=1S/C17H23N5O3/c1-4-25-17(24)14-11(2)20-13(15(14)23)9-12(10-18)16(19)22-7-5-21(3)6-8-22/h9,19-20,23H,4-8H2,1-3H3/b12-9+,19-16?. The van der Waals surface area contributed by atoms with Crippen LogP contribution in [-0.2, 0) is 4.74 Å². The molecule has 1 saturated heterocycles. The van der Waals surface area contributed by atoms with E-state index in [1.807, 2.05) is 18.0 Å². The van der Waals surface area contributed by atoms with E-state index in [1.165, 1.54) is 6.08 Å². The van der Waals surface area contributed by atoms with Gasteiger partial charge in [-0.25, -0.2) is 4.79 Å². The van der Waals surface area contributed by atoms with Crippen molar-refractivity contribution in [3.63, 3.8) is 0 Å². The molecule has 0 aliphatic carbocycles. The van der Waals surface area contributed by atoms with Gasteiger partial charge in [-0.05, 0) is 27.0 Å². The molecule has 0 radical (unpaired) electrons. The molecule has 1 aliphatic heterocycles. The molecule has 1 aromatic rings. The summed E-state index contributed by atoms with van der Waals surface area (Å²) in [4.78, 5) is 18.8. The summed E-state index contributed by atoms with van der Waals surface area (Å²) in [6.07, 6.45) is 1.39. The molecule has 3 N–H and O–H groups in total. The highest BCUT2D eigenvalue weighted by atomic mass is 16.5. The van der Waals surface area contributed by atoms with Crippen LogP contribution < -0.4 is 0 Å². The van der Waals surface area contributed by atoms with Gasteiger partial charge in [-0.3, -0.25) is 5.41 Å². The molecule has 0 atom stereocenters. The highest BCUT2D eigenvalue weighted by Gasteiger charge is 2.23. The Labute approximate surface area is 146 Å². The van der Waals surface area contributed by atoms with E-state index in [1.54, 1.807) is 13.8 Å². The Morgan fingerprint density at radius 3 is 2.64 bits per heavy atom. The largest absolute Gasteiger partial charge is 0.505 e. The van der Waals surface area contributed by atoms with Gasteiger partial charge in [-0.1, -0.05) is 0 Å². The van der Waals surface area contributed by atoms with Gasteiger partial charge < -0.3 is 24.6 Å². The maximum absolute atomic E-state index is 11.9. The van der Waals surface area contributed by atoms with E-state index >= 15 is 0 Å². The first-order chi connectivity index (χ1) is 11.9. The Kier molecular flexibility index (Phi) is 5.83. The number of aryl methyl sites for hydroxylation is 1. The minimum atomic E-state index is -0.624. The van der Waals surface area contributed by atoms with Gasteiger partial charge in [0.2, 0.25) is 0 Å². The summed E-state index contributed by atoms with van der Waals surface area (Å²) >= 11 is 0. The molecular weight excluding hydrogens is 322 g/mol. The van der Waals surface area contributed by atoms with E-state index in [9.17, 15) is 15.2 Å². The Morgan fingerprint density at radius 2 is 2.08 bits per heavy atom. The molecule has 2 rings (SSSR count). The number of carbonyl (C=O) groups excluding carboxylic acids is 1. The van der Waals surface area contributed by atoms with Crippen molar-refractivity contribution in [3.8, 4) is 11.8 Å². The molecular formula is C17H23N5O3. The minimum absolute atomic E-state index is 0.0523. The van der Waals surface area contributed by atoms with E-state index in [0.29, 0.717) is 18.8 Å². The fourth-order valence-corrected chi connectivity index (χ4v) is 2.69. The quantitative estimate of drug-likeness (QED) is 0.328. The van der Waals surface area contributed by atoms with Crippen molar-refractivity contribution in [2.24, 2.45) is 0 Å². The predicted octanol–water partition coefficient (Wildman–Crippen LogP) is 1.34. The van der Waals surface area contributed by atoms with Gasteiger partial charge in [-0.15, -0.1) is 0 Å². The van der Waals surface area contributed by atoms with Crippen molar-refractivity contribution in [1.82, 2.24) is 14.8 Å². The van der Waals surface area contributed by atoms with Gasteiger partial charge in [0.15, 0.2) is 5.75 Å². The topological polar surface area (TPSA) is 116 Å². The van der Waals surface area contributed by atoms with Gasteiger partial charge in [-0.2, -0.15) is 5.26 Å². The number of nitriles is 1.